The Labute approximate surface area is 531 Å². The highest BCUT2D eigenvalue weighted by Gasteiger charge is 2.82. The summed E-state index contributed by atoms with van der Waals surface area (Å²) in [4.78, 5) is 5.16. The van der Waals surface area contributed by atoms with Crippen LogP contribution in [0.2, 0.25) is 0 Å². The number of hydrogen-bond donors (Lipinski definition) is 4. The third-order valence-corrected chi connectivity index (χ3v) is 24.4. The zero-order chi connectivity index (χ0) is 63.6. The van der Waals surface area contributed by atoms with E-state index in [0.717, 1.165) is 91.8 Å². The van der Waals surface area contributed by atoms with Crippen LogP contribution in [-0.4, -0.2) is 131 Å². The number of hydrogen-bond acceptors (Lipinski definition) is 12. The number of aliphatic hydroxyl groups is 2. The Morgan fingerprint density at radius 1 is 0.854 bits per heavy atom. The number of rotatable bonds is 12. The summed E-state index contributed by atoms with van der Waals surface area (Å²) in [6.45, 7) is 16.0. The van der Waals surface area contributed by atoms with E-state index in [4.69, 9.17) is 24.1 Å². The molecule has 2 saturated heterocycles. The lowest BCUT2D eigenvalue weighted by Gasteiger charge is -2.75. The van der Waals surface area contributed by atoms with Crippen molar-refractivity contribution in [2.75, 3.05) is 46.2 Å². The Balaban J connectivity index is 0.000000126. The molecule has 4 aliphatic heterocycles. The van der Waals surface area contributed by atoms with Crippen molar-refractivity contribution in [1.29, 1.82) is 0 Å². The Morgan fingerprint density at radius 3 is 2.20 bits per heavy atom. The van der Waals surface area contributed by atoms with Gasteiger partial charge in [-0.25, -0.2) is 18.2 Å². The number of nitrogens with two attached hydrogens (primary N) is 1. The van der Waals surface area contributed by atoms with Crippen LogP contribution < -0.4 is 19.3 Å². The number of aliphatic hydroxyl groups excluding tert-OH is 1. The fourth-order valence-electron chi connectivity index (χ4n) is 17.9. The van der Waals surface area contributed by atoms with Gasteiger partial charge >= 0.3 is 6.18 Å². The molecule has 5 N–H and O–H groups in total. The normalized spacial score (nSPS) is 31.3. The van der Waals surface area contributed by atoms with Crippen LogP contribution in [0, 0.1) is 35.5 Å². The highest BCUT2D eigenvalue weighted by Crippen LogP contribution is 2.78. The number of phenolic OH excluding ortho intramolecular Hbond substituents is 1. The summed E-state index contributed by atoms with van der Waals surface area (Å²) in [6.07, 6.45) is 14.0. The van der Waals surface area contributed by atoms with E-state index >= 15 is 0 Å². The summed E-state index contributed by atoms with van der Waals surface area (Å²) < 4.78 is 88.5. The van der Waals surface area contributed by atoms with Gasteiger partial charge in [-0.15, -0.1) is 0 Å². The number of methoxy groups -OCH3 is 2. The lowest BCUT2D eigenvalue weighted by molar-refractivity contribution is -0.312. The number of phenols is 1. The number of nitrogens with zero attached hydrogens (tertiary/aromatic N) is 4. The quantitative estimate of drug-likeness (QED) is 0.0528. The monoisotopic (exact) mass is 1310 g/mol. The smallest absolute Gasteiger partial charge is 0.435 e. The fourth-order valence-corrected chi connectivity index (χ4v) is 18.8. The van der Waals surface area contributed by atoms with Crippen LogP contribution >= 0.6 is 15.9 Å². The molecular formula is C70H89BrF3N5O9S. The van der Waals surface area contributed by atoms with E-state index in [-0.39, 0.29) is 61.8 Å². The molecule has 482 valence electrons. The van der Waals surface area contributed by atoms with Gasteiger partial charge in [-0.1, -0.05) is 117 Å². The van der Waals surface area contributed by atoms with E-state index in [1.54, 1.807) is 31.4 Å². The van der Waals surface area contributed by atoms with E-state index in [1.165, 1.54) is 96.9 Å². The molecule has 5 aromatic rings. The van der Waals surface area contributed by atoms with Crippen LogP contribution in [0.25, 0.3) is 16.9 Å². The third kappa shape index (κ3) is 10.3. The maximum absolute atomic E-state index is 13.1. The number of benzene rings is 4. The molecule has 16 rings (SSSR count). The molecule has 0 radical (unpaired) electrons. The minimum absolute atomic E-state index is 0.0294. The van der Waals surface area contributed by atoms with E-state index in [0.29, 0.717) is 29.3 Å². The molecule has 14 nitrogen and oxygen atoms in total. The number of primary sulfonamides is 1. The molecule has 3 spiro atoms. The molecule has 6 fully saturated rings. The first-order chi connectivity index (χ1) is 42.1. The summed E-state index contributed by atoms with van der Waals surface area (Å²) in [5.74, 6) is 3.89. The molecular weight excluding hydrogens is 1220 g/mol. The SMILES string of the molecule is CCCCCCBr.CO[C@]12CC[C@@]3(C[C@@H]1[C@](C)(O)C(C)(C)C)[C@H]1Cc4ccc(O)c5c4[C@@]3(CCN1CC1CC1)[C@H]2O5.COc1ccc2c3c1O[C@H]1[C@@H](O)C=C[C@H]4[C@@H](C2)N(C)CC[C@@]341.Cc1ccc(-c2cc(C(F)(F)F)nn2-c2ccc(S(N)(=O)=O)cc2)cc1. The maximum Gasteiger partial charge on any atom is 0.435 e. The molecule has 11 aliphatic rings. The van der Waals surface area contributed by atoms with Crippen molar-refractivity contribution < 1.29 is 55.9 Å². The van der Waals surface area contributed by atoms with E-state index in [2.05, 4.69) is 83.8 Å². The summed E-state index contributed by atoms with van der Waals surface area (Å²) >= 11 is 3.38. The van der Waals surface area contributed by atoms with Gasteiger partial charge < -0.3 is 39.2 Å². The van der Waals surface area contributed by atoms with Crippen LogP contribution in [0.5, 0.6) is 23.0 Å². The molecule has 6 bridgehead atoms. The number of halogens is 4. The highest BCUT2D eigenvalue weighted by molar-refractivity contribution is 9.09. The van der Waals surface area contributed by atoms with Gasteiger partial charge in [-0.2, -0.15) is 18.3 Å². The number of likely N-dealkylation sites (tertiary alicyclic amines) is 2. The lowest BCUT2D eigenvalue weighted by atomic mass is 9.33. The van der Waals surface area contributed by atoms with Crippen molar-refractivity contribution >= 4 is 26.0 Å². The highest BCUT2D eigenvalue weighted by atomic mass is 79.9. The van der Waals surface area contributed by atoms with Crippen LogP contribution in [-0.2, 0) is 44.6 Å². The van der Waals surface area contributed by atoms with Crippen LogP contribution in [0.4, 0.5) is 13.2 Å². The summed E-state index contributed by atoms with van der Waals surface area (Å²) in [5.41, 5.74) is 4.38. The number of piperidine rings is 2. The summed E-state index contributed by atoms with van der Waals surface area (Å²) in [5, 5.41) is 43.6. The predicted octanol–water partition coefficient (Wildman–Crippen LogP) is 12.4. The Morgan fingerprint density at radius 2 is 1.56 bits per heavy atom. The lowest BCUT2D eigenvalue weighted by Crippen LogP contribution is -2.83. The summed E-state index contributed by atoms with van der Waals surface area (Å²) in [6, 6.07) is 22.2. The number of aryl methyl sites for hydroxylation is 1. The first kappa shape index (κ1) is 64.1. The number of aromatic nitrogens is 2. The van der Waals surface area contributed by atoms with Crippen LogP contribution in [0.1, 0.15) is 139 Å². The van der Waals surface area contributed by atoms with Gasteiger partial charge in [0.25, 0.3) is 0 Å². The Hall–Kier alpha value is -4.99. The third-order valence-electron chi connectivity index (χ3n) is 23.0. The number of likely N-dealkylation sites (N-methyl/N-ethyl adjacent to an activating group) is 1. The number of unbranched alkanes of at least 4 members (excludes halogenated alkanes) is 3. The van der Waals surface area contributed by atoms with Crippen LogP contribution in [0.15, 0.2) is 95.9 Å². The molecule has 89 heavy (non-hydrogen) atoms. The summed E-state index contributed by atoms with van der Waals surface area (Å²) in [7, 11) is 1.84. The Bertz CT molecular complexity index is 3610. The van der Waals surface area contributed by atoms with Crippen molar-refractivity contribution in [3.8, 4) is 39.9 Å². The molecule has 1 aromatic heterocycles. The largest absolute Gasteiger partial charge is 0.504 e. The van der Waals surface area contributed by atoms with E-state index in [1.807, 2.05) is 39.2 Å². The average Bonchev–Trinajstić information content (AvgIpc) is 1.61. The van der Waals surface area contributed by atoms with Gasteiger partial charge in [-0.05, 0) is 163 Å². The minimum Gasteiger partial charge on any atom is -0.504 e. The standard InChI is InChI=1S/C29H41NO4.C18H21NO3.C17H14F3N3O2S.C6H13Br/c1-25(2,3)26(4,32)20-15-27-10-11-29(20,33-5)24-28(27)12-13-30(16-17-6-7-17)21(27)14-18-8-9-19(31)23(34-24)22(18)28;1-19-8-7-18-11-4-5-13(20)17(18)22-16-14(21-2)6-3-10(15(16)18)9-12(11)19;1-11-2-4-12(5-3-11)15-10-16(17(18,19)20)22-23(15)13-6-8-14(9-7-13)26(21,24)25;1-2-3-4-5-6-7/h8-9,17,20-21,24,31-32H,6-7,10-16H2,1-5H3;3-6,11-13,17,20H,7-9H2,1-2H3;2-10H,1H3,(H2,21,24,25);2-6H2,1H3/t20-,21-,24-,26+,27-,28+,29-;11-,12+,13-,17-,18-;;/m10../s1. The number of sulfonamides is 1. The second-order valence-corrected chi connectivity index (χ2v) is 30.7. The number of ether oxygens (including phenoxy) is 4. The van der Waals surface area contributed by atoms with E-state index < -0.39 is 39.2 Å². The maximum atomic E-state index is 13.1. The van der Waals surface area contributed by atoms with E-state index in [9.17, 15) is 36.9 Å². The number of alkyl halides is 4. The first-order valence-corrected chi connectivity index (χ1v) is 34.7. The molecule has 0 unspecified atom stereocenters. The van der Waals surface area contributed by atoms with Crippen LogP contribution in [0.3, 0.4) is 0 Å². The van der Waals surface area contributed by atoms with Gasteiger partial charge in [0.1, 0.15) is 23.9 Å². The predicted molar refractivity (Wildman–Crippen MR) is 341 cm³/mol. The van der Waals surface area contributed by atoms with Gasteiger partial charge in [0.2, 0.25) is 10.0 Å². The van der Waals surface area contributed by atoms with Crippen molar-refractivity contribution in [1.82, 2.24) is 19.6 Å². The first-order valence-electron chi connectivity index (χ1n) is 32.1. The Kier molecular flexibility index (Phi) is 16.7. The van der Waals surface area contributed by atoms with Gasteiger partial charge in [-0.3, -0.25) is 4.90 Å². The van der Waals surface area contributed by atoms with Crippen molar-refractivity contribution in [2.24, 2.45) is 33.7 Å². The number of aromatic hydroxyl groups is 1. The molecule has 7 aliphatic carbocycles. The zero-order valence-corrected chi connectivity index (χ0v) is 55.3. The van der Waals surface area contributed by atoms with Crippen molar-refractivity contribution in [2.45, 2.75) is 189 Å². The van der Waals surface area contributed by atoms with Crippen molar-refractivity contribution in [3.05, 3.63) is 125 Å². The number of fused-ring (bicyclic) bond motifs is 2. The van der Waals surface area contributed by atoms with Crippen molar-refractivity contribution in [3.63, 3.8) is 0 Å². The molecule has 12 atom stereocenters. The topological polar surface area (TPSA) is 182 Å². The molecule has 4 aromatic carbocycles. The second-order valence-electron chi connectivity index (χ2n) is 28.4. The second kappa shape index (κ2) is 23.2. The molecule has 19 heteroatoms. The van der Waals surface area contributed by atoms with Gasteiger partial charge in [0.15, 0.2) is 28.7 Å². The minimum atomic E-state index is -4.61. The fraction of sp³-hybridized carbons (Fsp3) is 0.586. The van der Waals surface area contributed by atoms with Gasteiger partial charge in [0, 0.05) is 75.8 Å². The molecule has 0 amide bonds. The zero-order valence-electron chi connectivity index (χ0n) is 52.9. The van der Waals surface area contributed by atoms with Gasteiger partial charge in [0.05, 0.1) is 29.0 Å². The molecule has 5 heterocycles. The molecule has 4 saturated carbocycles. The average molecular weight is 1310 g/mol.